The number of carbonyl (C=O) groups is 1. The first-order valence-electron chi connectivity index (χ1n) is 6.32. The Labute approximate surface area is 107 Å². The Morgan fingerprint density at radius 2 is 2.11 bits per heavy atom. The maximum Gasteiger partial charge on any atom is 0.407 e. The van der Waals surface area contributed by atoms with Crippen LogP contribution in [0.1, 0.15) is 24.8 Å². The molecule has 18 heavy (non-hydrogen) atoms. The number of hydrogen-bond acceptors (Lipinski definition) is 2. The lowest BCUT2D eigenvalue weighted by Crippen LogP contribution is -2.34. The maximum absolute atomic E-state index is 11.0. The largest absolute Gasteiger partial charge is 0.465 e. The summed E-state index contributed by atoms with van der Waals surface area (Å²) in [6.07, 6.45) is 3.95. The predicted octanol–water partition coefficient (Wildman–Crippen LogP) is 2.64. The molecule has 4 nitrogen and oxygen atoms in total. The number of hydrogen-bond donors (Lipinski definition) is 1. The van der Waals surface area contributed by atoms with Crippen LogP contribution in [0, 0.1) is 0 Å². The molecular formula is C14H18N2O2. The van der Waals surface area contributed by atoms with Crippen molar-refractivity contribution in [2.45, 2.75) is 25.3 Å². The molecular weight excluding hydrogens is 228 g/mol. The Kier molecular flexibility index (Phi) is 4.34. The van der Waals surface area contributed by atoms with Crippen LogP contribution in [-0.4, -0.2) is 41.4 Å². The van der Waals surface area contributed by atoms with Crippen molar-refractivity contribution in [2.75, 3.05) is 13.1 Å². The van der Waals surface area contributed by atoms with Crippen molar-refractivity contribution in [1.29, 1.82) is 0 Å². The van der Waals surface area contributed by atoms with E-state index in [0.29, 0.717) is 13.1 Å². The van der Waals surface area contributed by atoms with Gasteiger partial charge < -0.3 is 10.0 Å². The highest BCUT2D eigenvalue weighted by Crippen LogP contribution is 2.13. The SMILES string of the molecule is O=C(O)N1CCCCC(N=Cc2ccccc2)C1. The van der Waals surface area contributed by atoms with Gasteiger partial charge in [-0.05, 0) is 24.8 Å². The summed E-state index contributed by atoms with van der Waals surface area (Å²) < 4.78 is 0. The number of carboxylic acid groups (broad SMARTS) is 1. The van der Waals surface area contributed by atoms with E-state index in [0.717, 1.165) is 24.8 Å². The van der Waals surface area contributed by atoms with Crippen LogP contribution in [0.25, 0.3) is 0 Å². The van der Waals surface area contributed by atoms with Crippen LogP contribution in [0.15, 0.2) is 35.3 Å². The molecule has 1 atom stereocenters. The van der Waals surface area contributed by atoms with Gasteiger partial charge in [0.15, 0.2) is 0 Å². The lowest BCUT2D eigenvalue weighted by Gasteiger charge is -2.18. The number of aliphatic imine (C=N–C) groups is 1. The number of nitrogens with zero attached hydrogens (tertiary/aromatic N) is 2. The number of rotatable bonds is 2. The van der Waals surface area contributed by atoms with Crippen LogP contribution in [0.3, 0.4) is 0 Å². The molecule has 1 fully saturated rings. The first-order valence-corrected chi connectivity index (χ1v) is 6.32. The summed E-state index contributed by atoms with van der Waals surface area (Å²) in [5.41, 5.74) is 1.06. The van der Waals surface area contributed by atoms with Gasteiger partial charge in [-0.3, -0.25) is 4.99 Å². The summed E-state index contributed by atoms with van der Waals surface area (Å²) in [5.74, 6) is 0. The highest BCUT2D eigenvalue weighted by atomic mass is 16.4. The zero-order valence-corrected chi connectivity index (χ0v) is 10.3. The van der Waals surface area contributed by atoms with Gasteiger partial charge in [0.25, 0.3) is 0 Å². The van der Waals surface area contributed by atoms with Crippen molar-refractivity contribution in [3.63, 3.8) is 0 Å². The van der Waals surface area contributed by atoms with Gasteiger partial charge in [-0.25, -0.2) is 4.79 Å². The van der Waals surface area contributed by atoms with Gasteiger partial charge in [0.05, 0.1) is 6.04 Å². The zero-order valence-electron chi connectivity index (χ0n) is 10.3. The third kappa shape index (κ3) is 3.58. The van der Waals surface area contributed by atoms with Gasteiger partial charge in [0.2, 0.25) is 0 Å². The lowest BCUT2D eigenvalue weighted by atomic mass is 10.1. The molecule has 2 rings (SSSR count). The fourth-order valence-corrected chi connectivity index (χ4v) is 2.15. The summed E-state index contributed by atoms with van der Waals surface area (Å²) in [7, 11) is 0. The Balaban J connectivity index is 1.99. The average molecular weight is 246 g/mol. The molecule has 4 heteroatoms. The van der Waals surface area contributed by atoms with Crippen molar-refractivity contribution >= 4 is 12.3 Å². The second-order valence-corrected chi connectivity index (χ2v) is 4.57. The third-order valence-corrected chi connectivity index (χ3v) is 3.15. The quantitative estimate of drug-likeness (QED) is 0.815. The molecule has 96 valence electrons. The second kappa shape index (κ2) is 6.19. The maximum atomic E-state index is 11.0. The van der Waals surface area contributed by atoms with Crippen LogP contribution in [0.5, 0.6) is 0 Å². The fourth-order valence-electron chi connectivity index (χ4n) is 2.15. The van der Waals surface area contributed by atoms with E-state index in [-0.39, 0.29) is 6.04 Å². The van der Waals surface area contributed by atoms with Gasteiger partial charge >= 0.3 is 6.09 Å². The molecule has 1 saturated heterocycles. The van der Waals surface area contributed by atoms with Crippen LogP contribution >= 0.6 is 0 Å². The second-order valence-electron chi connectivity index (χ2n) is 4.57. The molecule has 1 unspecified atom stereocenters. The molecule has 1 N–H and O–H groups in total. The minimum atomic E-state index is -0.836. The fraction of sp³-hybridized carbons (Fsp3) is 0.429. The van der Waals surface area contributed by atoms with E-state index in [1.165, 1.54) is 4.90 Å². The van der Waals surface area contributed by atoms with E-state index in [1.807, 2.05) is 36.5 Å². The van der Waals surface area contributed by atoms with Crippen molar-refractivity contribution in [1.82, 2.24) is 4.90 Å². The van der Waals surface area contributed by atoms with Gasteiger partial charge in [-0.1, -0.05) is 30.3 Å². The molecule has 1 aromatic carbocycles. The zero-order chi connectivity index (χ0) is 12.8. The average Bonchev–Trinajstić information content (AvgIpc) is 2.63. The number of benzene rings is 1. The molecule has 1 aromatic rings. The minimum Gasteiger partial charge on any atom is -0.465 e. The molecule has 0 aliphatic carbocycles. The predicted molar refractivity (Wildman–Crippen MR) is 71.3 cm³/mol. The molecule has 0 saturated carbocycles. The monoisotopic (exact) mass is 246 g/mol. The van der Waals surface area contributed by atoms with Crippen molar-refractivity contribution in [3.8, 4) is 0 Å². The first kappa shape index (κ1) is 12.6. The van der Waals surface area contributed by atoms with Gasteiger partial charge in [-0.15, -0.1) is 0 Å². The van der Waals surface area contributed by atoms with E-state index in [9.17, 15) is 4.79 Å². The van der Waals surface area contributed by atoms with Crippen LogP contribution in [0.2, 0.25) is 0 Å². The minimum absolute atomic E-state index is 0.0869. The Bertz CT molecular complexity index is 417. The van der Waals surface area contributed by atoms with Crippen LogP contribution < -0.4 is 0 Å². The Morgan fingerprint density at radius 1 is 1.33 bits per heavy atom. The molecule has 1 aliphatic heterocycles. The molecule has 0 aromatic heterocycles. The van der Waals surface area contributed by atoms with Crippen molar-refractivity contribution < 1.29 is 9.90 Å². The van der Waals surface area contributed by atoms with E-state index in [1.54, 1.807) is 0 Å². The van der Waals surface area contributed by atoms with E-state index < -0.39 is 6.09 Å². The van der Waals surface area contributed by atoms with Crippen molar-refractivity contribution in [2.24, 2.45) is 4.99 Å². The van der Waals surface area contributed by atoms with E-state index in [2.05, 4.69) is 4.99 Å². The smallest absolute Gasteiger partial charge is 0.407 e. The number of likely N-dealkylation sites (tertiary alicyclic amines) is 1. The Morgan fingerprint density at radius 3 is 2.83 bits per heavy atom. The summed E-state index contributed by atoms with van der Waals surface area (Å²) in [4.78, 5) is 17.0. The molecule has 1 aliphatic rings. The van der Waals surface area contributed by atoms with Crippen LogP contribution in [-0.2, 0) is 0 Å². The highest BCUT2D eigenvalue weighted by molar-refractivity contribution is 5.79. The van der Waals surface area contributed by atoms with Crippen LogP contribution in [0.4, 0.5) is 4.79 Å². The summed E-state index contributed by atoms with van der Waals surface area (Å²) in [6, 6.07) is 9.99. The normalized spacial score (nSPS) is 20.9. The van der Waals surface area contributed by atoms with E-state index in [4.69, 9.17) is 5.11 Å². The third-order valence-electron chi connectivity index (χ3n) is 3.15. The van der Waals surface area contributed by atoms with Crippen molar-refractivity contribution in [3.05, 3.63) is 35.9 Å². The Hall–Kier alpha value is -1.84. The standard InChI is InChI=1S/C14H18N2O2/c17-14(18)16-9-5-4-8-13(11-16)15-10-12-6-2-1-3-7-12/h1-3,6-7,10,13H,4-5,8-9,11H2,(H,17,18). The van der Waals surface area contributed by atoms with Gasteiger partial charge in [0.1, 0.15) is 0 Å². The molecule has 0 bridgehead atoms. The molecule has 0 spiro atoms. The van der Waals surface area contributed by atoms with Gasteiger partial charge in [-0.2, -0.15) is 0 Å². The topological polar surface area (TPSA) is 52.9 Å². The first-order chi connectivity index (χ1) is 8.75. The summed E-state index contributed by atoms with van der Waals surface area (Å²) in [6.45, 7) is 1.14. The molecule has 1 heterocycles. The number of amides is 1. The lowest BCUT2D eigenvalue weighted by molar-refractivity contribution is 0.145. The summed E-state index contributed by atoms with van der Waals surface area (Å²) >= 11 is 0. The van der Waals surface area contributed by atoms with Gasteiger partial charge in [0, 0.05) is 19.3 Å². The highest BCUT2D eigenvalue weighted by Gasteiger charge is 2.20. The summed E-state index contributed by atoms with van der Waals surface area (Å²) in [5, 5.41) is 9.04. The molecule has 1 amide bonds. The van der Waals surface area contributed by atoms with E-state index >= 15 is 0 Å². The molecule has 0 radical (unpaired) electrons.